The van der Waals surface area contributed by atoms with Gasteiger partial charge in [0.05, 0.1) is 13.7 Å². The maximum Gasteiger partial charge on any atom is 0.415 e. The Bertz CT molecular complexity index is 466. The first kappa shape index (κ1) is 14.9. The number of methoxy groups -OCH3 is 1. The summed E-state index contributed by atoms with van der Waals surface area (Å²) >= 11 is 0. The summed E-state index contributed by atoms with van der Waals surface area (Å²) in [6.07, 6.45) is 4.84. The first-order chi connectivity index (χ1) is 8.87. The van der Waals surface area contributed by atoms with E-state index in [4.69, 9.17) is 15.9 Å². The molecule has 0 unspecified atom stereocenters. The van der Waals surface area contributed by atoms with E-state index in [0.29, 0.717) is 11.4 Å². The van der Waals surface area contributed by atoms with Crippen molar-refractivity contribution in [1.82, 2.24) is 0 Å². The fraction of sp³-hybridized carbons (Fsp3) is 0.400. The van der Waals surface area contributed by atoms with Crippen molar-refractivity contribution in [3.8, 4) is 18.1 Å². The molecule has 0 N–H and O–H groups in total. The zero-order valence-electron chi connectivity index (χ0n) is 11.8. The zero-order valence-corrected chi connectivity index (χ0v) is 11.8. The zero-order chi connectivity index (χ0) is 14.5. The van der Waals surface area contributed by atoms with Gasteiger partial charge in [0.15, 0.2) is 0 Å². The molecule has 0 fully saturated rings. The van der Waals surface area contributed by atoms with E-state index in [1.165, 1.54) is 4.90 Å². The van der Waals surface area contributed by atoms with Gasteiger partial charge < -0.3 is 9.47 Å². The van der Waals surface area contributed by atoms with Crippen molar-refractivity contribution in [2.75, 3.05) is 18.6 Å². The van der Waals surface area contributed by atoms with Crippen LogP contribution in [-0.2, 0) is 4.74 Å². The summed E-state index contributed by atoms with van der Waals surface area (Å²) in [7, 11) is 1.59. The summed E-state index contributed by atoms with van der Waals surface area (Å²) in [5, 5.41) is 0. The fourth-order valence-electron chi connectivity index (χ4n) is 1.43. The van der Waals surface area contributed by atoms with E-state index in [1.54, 1.807) is 31.4 Å². The SMILES string of the molecule is C#CCN(C(=O)OC(C)(C)C)c1ccc(OC)cc1. The van der Waals surface area contributed by atoms with Crippen molar-refractivity contribution in [1.29, 1.82) is 0 Å². The van der Waals surface area contributed by atoms with Crippen molar-refractivity contribution in [3.05, 3.63) is 24.3 Å². The van der Waals surface area contributed by atoms with Crippen LogP contribution < -0.4 is 9.64 Å². The van der Waals surface area contributed by atoms with Crippen LogP contribution >= 0.6 is 0 Å². The van der Waals surface area contributed by atoms with Crippen molar-refractivity contribution < 1.29 is 14.3 Å². The Kier molecular flexibility index (Phi) is 4.82. The minimum atomic E-state index is -0.559. The highest BCUT2D eigenvalue weighted by molar-refractivity contribution is 5.88. The Labute approximate surface area is 114 Å². The van der Waals surface area contributed by atoms with E-state index in [1.807, 2.05) is 20.8 Å². The lowest BCUT2D eigenvalue weighted by molar-refractivity contribution is 0.0585. The summed E-state index contributed by atoms with van der Waals surface area (Å²) in [5.74, 6) is 3.17. The number of hydrogen-bond acceptors (Lipinski definition) is 3. The van der Waals surface area contributed by atoms with Gasteiger partial charge in [0, 0.05) is 5.69 Å². The van der Waals surface area contributed by atoms with Crippen LogP contribution in [0.1, 0.15) is 20.8 Å². The number of benzene rings is 1. The molecule has 0 aliphatic rings. The maximum absolute atomic E-state index is 12.1. The molecule has 0 spiro atoms. The smallest absolute Gasteiger partial charge is 0.415 e. The van der Waals surface area contributed by atoms with E-state index >= 15 is 0 Å². The largest absolute Gasteiger partial charge is 0.497 e. The highest BCUT2D eigenvalue weighted by Crippen LogP contribution is 2.21. The summed E-state index contributed by atoms with van der Waals surface area (Å²) in [6.45, 7) is 5.59. The third kappa shape index (κ3) is 4.55. The molecule has 0 aliphatic heterocycles. The van der Waals surface area contributed by atoms with E-state index in [-0.39, 0.29) is 6.54 Å². The van der Waals surface area contributed by atoms with Crippen LogP contribution in [0.5, 0.6) is 5.75 Å². The van der Waals surface area contributed by atoms with Gasteiger partial charge >= 0.3 is 6.09 Å². The third-order valence-electron chi connectivity index (χ3n) is 2.25. The molecule has 1 amide bonds. The molecule has 0 saturated carbocycles. The Morgan fingerprint density at radius 2 is 1.89 bits per heavy atom. The van der Waals surface area contributed by atoms with Crippen LogP contribution in [0.3, 0.4) is 0 Å². The van der Waals surface area contributed by atoms with Crippen LogP contribution in [0.2, 0.25) is 0 Å². The second-order valence-corrected chi connectivity index (χ2v) is 4.97. The number of nitrogens with zero attached hydrogens (tertiary/aromatic N) is 1. The van der Waals surface area contributed by atoms with Gasteiger partial charge in [0.25, 0.3) is 0 Å². The van der Waals surface area contributed by atoms with Crippen molar-refractivity contribution in [2.24, 2.45) is 0 Å². The van der Waals surface area contributed by atoms with Crippen LogP contribution in [0, 0.1) is 12.3 Å². The monoisotopic (exact) mass is 261 g/mol. The van der Waals surface area contributed by atoms with Crippen molar-refractivity contribution in [2.45, 2.75) is 26.4 Å². The first-order valence-electron chi connectivity index (χ1n) is 5.95. The summed E-state index contributed by atoms with van der Waals surface area (Å²) < 4.78 is 10.4. The molecular formula is C15H19NO3. The van der Waals surface area contributed by atoms with Crippen LogP contribution in [0.15, 0.2) is 24.3 Å². The predicted molar refractivity (Wildman–Crippen MR) is 75.4 cm³/mol. The van der Waals surface area contributed by atoms with Gasteiger partial charge in [-0.1, -0.05) is 5.92 Å². The van der Waals surface area contributed by atoms with Gasteiger partial charge in [-0.15, -0.1) is 6.42 Å². The maximum atomic E-state index is 12.1. The lowest BCUT2D eigenvalue weighted by atomic mass is 10.2. The van der Waals surface area contributed by atoms with Crippen molar-refractivity contribution >= 4 is 11.8 Å². The molecule has 1 aromatic carbocycles. The average molecular weight is 261 g/mol. The number of amides is 1. The van der Waals surface area contributed by atoms with Crippen LogP contribution in [-0.4, -0.2) is 25.3 Å². The van der Waals surface area contributed by atoms with E-state index in [2.05, 4.69) is 5.92 Å². The molecular weight excluding hydrogens is 242 g/mol. The second-order valence-electron chi connectivity index (χ2n) is 4.97. The highest BCUT2D eigenvalue weighted by Gasteiger charge is 2.22. The quantitative estimate of drug-likeness (QED) is 0.785. The summed E-state index contributed by atoms with van der Waals surface area (Å²) in [5.41, 5.74) is 0.115. The molecule has 0 saturated heterocycles. The number of ether oxygens (including phenoxy) is 2. The van der Waals surface area contributed by atoms with E-state index in [0.717, 1.165) is 0 Å². The number of terminal acetylenes is 1. The summed E-state index contributed by atoms with van der Waals surface area (Å²) in [4.78, 5) is 13.5. The minimum Gasteiger partial charge on any atom is -0.497 e. The number of carbonyl (C=O) groups is 1. The number of hydrogen-bond donors (Lipinski definition) is 0. The van der Waals surface area contributed by atoms with Crippen LogP contribution in [0.25, 0.3) is 0 Å². The molecule has 0 atom stereocenters. The van der Waals surface area contributed by atoms with E-state index in [9.17, 15) is 4.79 Å². The molecule has 102 valence electrons. The topological polar surface area (TPSA) is 38.8 Å². The highest BCUT2D eigenvalue weighted by atomic mass is 16.6. The van der Waals surface area contributed by atoms with Crippen molar-refractivity contribution in [3.63, 3.8) is 0 Å². The predicted octanol–water partition coefficient (Wildman–Crippen LogP) is 3.07. The molecule has 1 rings (SSSR count). The molecule has 19 heavy (non-hydrogen) atoms. The number of anilines is 1. The van der Waals surface area contributed by atoms with Gasteiger partial charge in [0.1, 0.15) is 11.4 Å². The molecule has 4 heteroatoms. The van der Waals surface area contributed by atoms with Gasteiger partial charge in [-0.2, -0.15) is 0 Å². The molecule has 0 heterocycles. The van der Waals surface area contributed by atoms with Gasteiger partial charge in [-0.25, -0.2) is 4.79 Å². The normalized spacial score (nSPS) is 10.5. The fourth-order valence-corrected chi connectivity index (χ4v) is 1.43. The van der Waals surface area contributed by atoms with Gasteiger partial charge in [-0.05, 0) is 45.0 Å². The number of rotatable bonds is 3. The molecule has 0 aromatic heterocycles. The molecule has 0 radical (unpaired) electrons. The minimum absolute atomic E-state index is 0.154. The standard InChI is InChI=1S/C15H19NO3/c1-6-11-16(14(17)19-15(2,3)4)12-7-9-13(18-5)10-8-12/h1,7-10H,11H2,2-5H3. The Balaban J connectivity index is 2.93. The lowest BCUT2D eigenvalue weighted by Gasteiger charge is -2.26. The molecule has 0 bridgehead atoms. The summed E-state index contributed by atoms with van der Waals surface area (Å²) in [6, 6.07) is 7.06. The lowest BCUT2D eigenvalue weighted by Crippen LogP contribution is -2.37. The Hall–Kier alpha value is -2.15. The van der Waals surface area contributed by atoms with Gasteiger partial charge in [0.2, 0.25) is 0 Å². The first-order valence-corrected chi connectivity index (χ1v) is 5.95. The second kappa shape index (κ2) is 6.14. The third-order valence-corrected chi connectivity index (χ3v) is 2.25. The molecule has 4 nitrogen and oxygen atoms in total. The van der Waals surface area contributed by atoms with Gasteiger partial charge in [-0.3, -0.25) is 4.90 Å². The molecule has 0 aliphatic carbocycles. The Morgan fingerprint density at radius 1 is 1.32 bits per heavy atom. The van der Waals surface area contributed by atoms with Crippen LogP contribution in [0.4, 0.5) is 10.5 Å². The van der Waals surface area contributed by atoms with E-state index < -0.39 is 11.7 Å². The average Bonchev–Trinajstić information content (AvgIpc) is 2.34. The number of carbonyl (C=O) groups excluding carboxylic acids is 1. The molecule has 1 aromatic rings. The Morgan fingerprint density at radius 3 is 2.32 bits per heavy atom.